The summed E-state index contributed by atoms with van der Waals surface area (Å²) in [5.41, 5.74) is 11.0. The molecule has 2 atom stereocenters. The molecule has 2 unspecified atom stereocenters. The van der Waals surface area contributed by atoms with E-state index in [0.29, 0.717) is 0 Å². The molecule has 0 radical (unpaired) electrons. The minimum Gasteiger partial charge on any atom is -0.342 e. The van der Waals surface area contributed by atoms with Gasteiger partial charge in [-0.3, -0.25) is 0 Å². The molecule has 0 amide bonds. The third kappa shape index (κ3) is 7.45. The molecule has 0 aromatic rings. The minimum atomic E-state index is 0.0983. The molecule has 2 aliphatic carbocycles. The first-order chi connectivity index (χ1) is 18.1. The molecule has 0 bridgehead atoms. The molecule has 0 aromatic carbocycles. The maximum atomic E-state index is 4.95. The molecule has 0 aromatic heterocycles. The molecule has 0 spiro atoms. The van der Waals surface area contributed by atoms with Crippen molar-refractivity contribution in [3.05, 3.63) is 108 Å². The SMILES string of the molecule is C=C/C=C(\C=C)C1=CCC(N(/C(C)=C/C2NN(C3=CCCCC3)N=C2CC)/C(=C/C=C\CC)CC)C=C1. The van der Waals surface area contributed by atoms with E-state index >= 15 is 0 Å². The lowest BCUT2D eigenvalue weighted by atomic mass is 9.95. The monoisotopic (exact) mass is 498 g/mol. The van der Waals surface area contributed by atoms with Crippen LogP contribution in [-0.4, -0.2) is 27.8 Å². The molecule has 37 heavy (non-hydrogen) atoms. The molecule has 0 saturated heterocycles. The average Bonchev–Trinajstić information content (AvgIpc) is 3.34. The van der Waals surface area contributed by atoms with Gasteiger partial charge in [0.05, 0.1) is 23.5 Å². The second-order valence-electron chi connectivity index (χ2n) is 9.71. The quantitative estimate of drug-likeness (QED) is 0.274. The molecule has 198 valence electrons. The van der Waals surface area contributed by atoms with E-state index in [1.165, 1.54) is 41.2 Å². The van der Waals surface area contributed by atoms with Crippen LogP contribution in [0.2, 0.25) is 0 Å². The number of nitrogens with one attached hydrogen (secondary N) is 1. The van der Waals surface area contributed by atoms with Crippen LogP contribution >= 0.6 is 0 Å². The van der Waals surface area contributed by atoms with Gasteiger partial charge in [-0.1, -0.05) is 88.6 Å². The van der Waals surface area contributed by atoms with E-state index in [1.807, 2.05) is 23.3 Å². The number of hydrogen-bond acceptors (Lipinski definition) is 4. The maximum Gasteiger partial charge on any atom is 0.0882 e. The molecule has 3 aliphatic rings. The van der Waals surface area contributed by atoms with Gasteiger partial charge in [-0.25, -0.2) is 10.5 Å². The zero-order valence-electron chi connectivity index (χ0n) is 23.4. The Morgan fingerprint density at radius 3 is 2.62 bits per heavy atom. The first-order valence-electron chi connectivity index (χ1n) is 14.1. The summed E-state index contributed by atoms with van der Waals surface area (Å²) in [4.78, 5) is 2.51. The third-order valence-electron chi connectivity index (χ3n) is 7.13. The van der Waals surface area contributed by atoms with Crippen LogP contribution in [0.4, 0.5) is 0 Å². The molecular weight excluding hydrogens is 452 g/mol. The van der Waals surface area contributed by atoms with Crippen molar-refractivity contribution in [2.24, 2.45) is 5.10 Å². The van der Waals surface area contributed by atoms with Crippen LogP contribution in [0, 0.1) is 0 Å². The Hall–Kier alpha value is -3.11. The smallest absolute Gasteiger partial charge is 0.0882 e. The van der Waals surface area contributed by atoms with Gasteiger partial charge in [-0.05, 0) is 81.6 Å². The molecule has 0 fully saturated rings. The van der Waals surface area contributed by atoms with Gasteiger partial charge in [-0.15, -0.1) is 0 Å². The number of allylic oxidation sites excluding steroid dienone is 13. The van der Waals surface area contributed by atoms with E-state index in [9.17, 15) is 0 Å². The molecule has 1 N–H and O–H groups in total. The van der Waals surface area contributed by atoms with Crippen molar-refractivity contribution in [1.82, 2.24) is 15.4 Å². The highest BCUT2D eigenvalue weighted by Crippen LogP contribution is 2.30. The molecule has 3 rings (SSSR count). The van der Waals surface area contributed by atoms with Crippen molar-refractivity contribution in [2.45, 2.75) is 91.1 Å². The van der Waals surface area contributed by atoms with Crippen LogP contribution in [-0.2, 0) is 0 Å². The van der Waals surface area contributed by atoms with Gasteiger partial charge in [-0.2, -0.15) is 5.10 Å². The first kappa shape index (κ1) is 28.5. The fourth-order valence-electron chi connectivity index (χ4n) is 5.14. The van der Waals surface area contributed by atoms with E-state index in [-0.39, 0.29) is 12.1 Å². The van der Waals surface area contributed by atoms with Crippen LogP contribution in [0.5, 0.6) is 0 Å². The summed E-state index contributed by atoms with van der Waals surface area (Å²) in [6, 6.07) is 0.345. The summed E-state index contributed by atoms with van der Waals surface area (Å²) in [6.07, 6.45) is 32.6. The molecule has 0 saturated carbocycles. The van der Waals surface area contributed by atoms with E-state index in [0.717, 1.165) is 44.1 Å². The third-order valence-corrected chi connectivity index (χ3v) is 7.13. The lowest BCUT2D eigenvalue weighted by Crippen LogP contribution is -2.38. The lowest BCUT2D eigenvalue weighted by molar-refractivity contribution is 0.264. The van der Waals surface area contributed by atoms with Crippen molar-refractivity contribution in [1.29, 1.82) is 0 Å². The van der Waals surface area contributed by atoms with Gasteiger partial charge < -0.3 is 4.90 Å². The van der Waals surface area contributed by atoms with Crippen LogP contribution in [0.15, 0.2) is 113 Å². The Bertz CT molecular complexity index is 1060. The van der Waals surface area contributed by atoms with Gasteiger partial charge >= 0.3 is 0 Å². The highest BCUT2D eigenvalue weighted by atomic mass is 15.7. The standard InChI is InChI=1S/C33H46N4/c1-7-12-14-18-29(10-4)36(30-23-21-28(22-24-30)27(9-3)17-8-2)26(6)25-33-32(11-5)34-37(35-33)31-19-15-13-16-20-31/h8-9,12,14,17-19,21-23,25,30,33,35H,2-3,7,10-11,13,15-16,20,24H2,1,4-6H3/b14-12-,26-25+,27-17+,29-18+. The summed E-state index contributed by atoms with van der Waals surface area (Å²) < 4.78 is 0. The van der Waals surface area contributed by atoms with Gasteiger partial charge in [0.25, 0.3) is 0 Å². The minimum absolute atomic E-state index is 0.0983. The fraction of sp³-hybridized carbons (Fsp3) is 0.424. The van der Waals surface area contributed by atoms with Crippen molar-refractivity contribution in [2.75, 3.05) is 0 Å². The summed E-state index contributed by atoms with van der Waals surface area (Å²) >= 11 is 0. The fourth-order valence-corrected chi connectivity index (χ4v) is 5.14. The highest BCUT2D eigenvalue weighted by molar-refractivity contribution is 5.92. The summed E-state index contributed by atoms with van der Waals surface area (Å²) in [5.74, 6) is 0. The maximum absolute atomic E-state index is 4.95. The summed E-state index contributed by atoms with van der Waals surface area (Å²) in [5, 5.41) is 6.99. The Morgan fingerprint density at radius 2 is 2.03 bits per heavy atom. The first-order valence-corrected chi connectivity index (χ1v) is 14.1. The largest absolute Gasteiger partial charge is 0.342 e. The second-order valence-corrected chi connectivity index (χ2v) is 9.71. The van der Waals surface area contributed by atoms with Gasteiger partial charge in [0.2, 0.25) is 0 Å². The normalized spacial score (nSPS) is 23.2. The zero-order valence-corrected chi connectivity index (χ0v) is 23.4. The van der Waals surface area contributed by atoms with Crippen molar-refractivity contribution >= 4 is 5.71 Å². The van der Waals surface area contributed by atoms with Crippen molar-refractivity contribution in [3.63, 3.8) is 0 Å². The average molecular weight is 499 g/mol. The van der Waals surface area contributed by atoms with Crippen molar-refractivity contribution in [3.8, 4) is 0 Å². The number of hydrazine groups is 1. The van der Waals surface area contributed by atoms with Gasteiger partial charge in [0, 0.05) is 11.4 Å². The van der Waals surface area contributed by atoms with E-state index in [4.69, 9.17) is 5.10 Å². The van der Waals surface area contributed by atoms with E-state index < -0.39 is 0 Å². The number of hydrogen-bond donors (Lipinski definition) is 1. The molecule has 4 nitrogen and oxygen atoms in total. The zero-order chi connectivity index (χ0) is 26.6. The van der Waals surface area contributed by atoms with Crippen LogP contribution < -0.4 is 5.43 Å². The molecule has 1 heterocycles. The van der Waals surface area contributed by atoms with E-state index in [2.05, 4.69) is 99.8 Å². The summed E-state index contributed by atoms with van der Waals surface area (Å²) in [6.45, 7) is 16.7. The van der Waals surface area contributed by atoms with Gasteiger partial charge in [0.1, 0.15) is 0 Å². The molecular formula is C33H46N4. The number of rotatable bonds is 12. The van der Waals surface area contributed by atoms with Crippen LogP contribution in [0.3, 0.4) is 0 Å². The second kappa shape index (κ2) is 14.6. The number of nitrogens with zero attached hydrogens (tertiary/aromatic N) is 3. The predicted octanol–water partition coefficient (Wildman–Crippen LogP) is 8.42. The predicted molar refractivity (Wildman–Crippen MR) is 161 cm³/mol. The van der Waals surface area contributed by atoms with E-state index in [1.54, 1.807) is 0 Å². The van der Waals surface area contributed by atoms with Crippen LogP contribution in [0.1, 0.15) is 79.1 Å². The Kier molecular flexibility index (Phi) is 11.2. The Morgan fingerprint density at radius 1 is 1.19 bits per heavy atom. The van der Waals surface area contributed by atoms with Crippen molar-refractivity contribution < 1.29 is 0 Å². The number of hydrazone groups is 1. The molecule has 1 aliphatic heterocycles. The Labute approximate surface area is 225 Å². The molecule has 4 heteroatoms. The van der Waals surface area contributed by atoms with Gasteiger partial charge in [0.15, 0.2) is 0 Å². The topological polar surface area (TPSA) is 30.9 Å². The Balaban J connectivity index is 1.90. The highest BCUT2D eigenvalue weighted by Gasteiger charge is 2.28. The summed E-state index contributed by atoms with van der Waals surface area (Å²) in [7, 11) is 0. The van der Waals surface area contributed by atoms with Crippen LogP contribution in [0.25, 0.3) is 0 Å². The lowest BCUT2D eigenvalue weighted by Gasteiger charge is -2.36.